The molecule has 1 aliphatic rings. The molecular weight excluding hydrogens is 328 g/mol. The van der Waals surface area contributed by atoms with E-state index in [9.17, 15) is 4.79 Å². The minimum atomic E-state index is 0.168. The van der Waals surface area contributed by atoms with Gasteiger partial charge in [-0.25, -0.2) is 0 Å². The fraction of sp³-hybridized carbons (Fsp3) is 0.381. The van der Waals surface area contributed by atoms with Gasteiger partial charge in [-0.1, -0.05) is 30.3 Å². The summed E-state index contributed by atoms with van der Waals surface area (Å²) in [6.45, 7) is 4.64. The van der Waals surface area contributed by atoms with Crippen molar-refractivity contribution in [2.75, 3.05) is 39.9 Å². The number of ether oxygens (including phenoxy) is 2. The van der Waals surface area contributed by atoms with E-state index in [4.69, 9.17) is 9.47 Å². The Kier molecular flexibility index (Phi) is 6.50. The molecule has 1 aliphatic heterocycles. The summed E-state index contributed by atoms with van der Waals surface area (Å²) in [6.07, 6.45) is 0.421. The van der Waals surface area contributed by atoms with Crippen LogP contribution in [0.1, 0.15) is 12.0 Å². The van der Waals surface area contributed by atoms with Gasteiger partial charge in [-0.3, -0.25) is 9.69 Å². The molecule has 0 atom stereocenters. The molecule has 26 heavy (non-hydrogen) atoms. The summed E-state index contributed by atoms with van der Waals surface area (Å²) >= 11 is 0. The third-order valence-electron chi connectivity index (χ3n) is 4.59. The van der Waals surface area contributed by atoms with E-state index >= 15 is 0 Å². The number of carbonyl (C=O) groups is 1. The van der Waals surface area contributed by atoms with E-state index in [1.807, 2.05) is 47.4 Å². The van der Waals surface area contributed by atoms with E-state index < -0.39 is 0 Å². The van der Waals surface area contributed by atoms with Gasteiger partial charge >= 0.3 is 0 Å². The molecule has 0 unspecified atom stereocenters. The van der Waals surface area contributed by atoms with Gasteiger partial charge in [-0.15, -0.1) is 0 Å². The van der Waals surface area contributed by atoms with Crippen LogP contribution in [0.2, 0.25) is 0 Å². The third kappa shape index (κ3) is 5.23. The molecule has 2 aromatic carbocycles. The molecule has 1 saturated heterocycles. The van der Waals surface area contributed by atoms with Crippen LogP contribution in [0.4, 0.5) is 0 Å². The molecule has 1 amide bonds. The predicted octanol–water partition coefficient (Wildman–Crippen LogP) is 2.81. The molecule has 0 aliphatic carbocycles. The number of benzene rings is 2. The monoisotopic (exact) mass is 354 g/mol. The minimum absolute atomic E-state index is 0.168. The lowest BCUT2D eigenvalue weighted by Gasteiger charge is -2.34. The molecule has 0 spiro atoms. The normalized spacial score (nSPS) is 14.9. The van der Waals surface area contributed by atoms with Gasteiger partial charge in [0.2, 0.25) is 5.91 Å². The van der Waals surface area contributed by atoms with Crippen LogP contribution in [0.5, 0.6) is 11.5 Å². The lowest BCUT2D eigenvalue weighted by Crippen LogP contribution is -2.48. The van der Waals surface area contributed by atoms with Crippen LogP contribution >= 0.6 is 0 Å². The van der Waals surface area contributed by atoms with Crippen LogP contribution in [0.15, 0.2) is 54.6 Å². The Morgan fingerprint density at radius 3 is 2.42 bits per heavy atom. The van der Waals surface area contributed by atoms with E-state index in [1.165, 1.54) is 5.56 Å². The molecule has 2 aromatic rings. The molecule has 0 bridgehead atoms. The fourth-order valence-corrected chi connectivity index (χ4v) is 3.12. The Labute approximate surface area is 155 Å². The van der Waals surface area contributed by atoms with Crippen molar-refractivity contribution in [2.24, 2.45) is 0 Å². The van der Waals surface area contributed by atoms with E-state index in [0.29, 0.717) is 13.0 Å². The first-order valence-corrected chi connectivity index (χ1v) is 9.05. The standard InChI is InChI=1S/C21H26N2O3/c1-25-20-9-5-6-18(16-20)17-22-11-13-23(14-12-22)21(24)10-15-26-19-7-3-2-4-8-19/h2-9,16H,10-15,17H2,1H3. The van der Waals surface area contributed by atoms with Gasteiger partial charge in [-0.2, -0.15) is 0 Å². The van der Waals surface area contributed by atoms with Gasteiger partial charge in [0.15, 0.2) is 0 Å². The maximum absolute atomic E-state index is 12.3. The molecule has 1 heterocycles. The molecular formula is C21H26N2O3. The number of piperazine rings is 1. The number of rotatable bonds is 7. The second-order valence-electron chi connectivity index (χ2n) is 6.42. The van der Waals surface area contributed by atoms with Crippen molar-refractivity contribution in [1.82, 2.24) is 9.80 Å². The molecule has 0 N–H and O–H groups in total. The number of para-hydroxylation sites is 1. The van der Waals surface area contributed by atoms with E-state index in [0.717, 1.165) is 44.2 Å². The summed E-state index contributed by atoms with van der Waals surface area (Å²) in [6, 6.07) is 17.8. The van der Waals surface area contributed by atoms with Crippen molar-refractivity contribution < 1.29 is 14.3 Å². The number of hydrogen-bond donors (Lipinski definition) is 0. The van der Waals surface area contributed by atoms with Crippen LogP contribution in [0.3, 0.4) is 0 Å². The quantitative estimate of drug-likeness (QED) is 0.767. The highest BCUT2D eigenvalue weighted by Gasteiger charge is 2.21. The summed E-state index contributed by atoms with van der Waals surface area (Å²) in [5, 5.41) is 0. The summed E-state index contributed by atoms with van der Waals surface area (Å²) in [5.74, 6) is 1.86. The second kappa shape index (κ2) is 9.25. The molecule has 0 radical (unpaired) electrons. The van der Waals surface area contributed by atoms with Gasteiger partial charge in [0.25, 0.3) is 0 Å². The van der Waals surface area contributed by atoms with Crippen molar-refractivity contribution >= 4 is 5.91 Å². The third-order valence-corrected chi connectivity index (χ3v) is 4.59. The maximum Gasteiger partial charge on any atom is 0.226 e. The second-order valence-corrected chi connectivity index (χ2v) is 6.42. The largest absolute Gasteiger partial charge is 0.497 e. The van der Waals surface area contributed by atoms with Gasteiger partial charge in [0.1, 0.15) is 11.5 Å². The molecule has 1 fully saturated rings. The van der Waals surface area contributed by atoms with Crippen molar-refractivity contribution in [3.8, 4) is 11.5 Å². The zero-order valence-corrected chi connectivity index (χ0v) is 15.3. The number of methoxy groups -OCH3 is 1. The average molecular weight is 354 g/mol. The van der Waals surface area contributed by atoms with Gasteiger partial charge in [0.05, 0.1) is 20.1 Å². The Hall–Kier alpha value is -2.53. The summed E-state index contributed by atoms with van der Waals surface area (Å²) in [5.41, 5.74) is 1.24. The van der Waals surface area contributed by atoms with Crippen molar-refractivity contribution in [3.05, 3.63) is 60.2 Å². The van der Waals surface area contributed by atoms with E-state index in [2.05, 4.69) is 17.0 Å². The van der Waals surface area contributed by atoms with Gasteiger partial charge < -0.3 is 14.4 Å². The summed E-state index contributed by atoms with van der Waals surface area (Å²) in [7, 11) is 1.69. The van der Waals surface area contributed by atoms with Gasteiger partial charge in [0, 0.05) is 32.7 Å². The van der Waals surface area contributed by atoms with Crippen molar-refractivity contribution in [2.45, 2.75) is 13.0 Å². The minimum Gasteiger partial charge on any atom is -0.497 e. The molecule has 3 rings (SSSR count). The first kappa shape index (κ1) is 18.3. The first-order valence-electron chi connectivity index (χ1n) is 9.05. The Morgan fingerprint density at radius 1 is 0.962 bits per heavy atom. The summed E-state index contributed by atoms with van der Waals surface area (Å²) in [4.78, 5) is 16.7. The average Bonchev–Trinajstić information content (AvgIpc) is 2.69. The molecule has 5 heteroatoms. The van der Waals surface area contributed by atoms with Gasteiger partial charge in [-0.05, 0) is 29.8 Å². The number of amides is 1. The SMILES string of the molecule is COc1cccc(CN2CCN(C(=O)CCOc3ccccc3)CC2)c1. The molecule has 5 nitrogen and oxygen atoms in total. The maximum atomic E-state index is 12.3. The van der Waals surface area contributed by atoms with Crippen LogP contribution in [-0.4, -0.2) is 55.6 Å². The lowest BCUT2D eigenvalue weighted by atomic mass is 10.2. The highest BCUT2D eigenvalue weighted by Crippen LogP contribution is 2.16. The zero-order valence-electron chi connectivity index (χ0n) is 15.3. The smallest absolute Gasteiger partial charge is 0.226 e. The van der Waals surface area contributed by atoms with Crippen LogP contribution in [0, 0.1) is 0 Å². The Bertz CT molecular complexity index is 697. The van der Waals surface area contributed by atoms with Crippen LogP contribution < -0.4 is 9.47 Å². The fourth-order valence-electron chi connectivity index (χ4n) is 3.12. The van der Waals surface area contributed by atoms with E-state index in [1.54, 1.807) is 7.11 Å². The predicted molar refractivity (Wildman–Crippen MR) is 101 cm³/mol. The Morgan fingerprint density at radius 2 is 1.69 bits per heavy atom. The highest BCUT2D eigenvalue weighted by atomic mass is 16.5. The van der Waals surface area contributed by atoms with Crippen molar-refractivity contribution in [3.63, 3.8) is 0 Å². The van der Waals surface area contributed by atoms with Crippen LogP contribution in [-0.2, 0) is 11.3 Å². The zero-order chi connectivity index (χ0) is 18.2. The Balaban J connectivity index is 1.39. The molecule has 0 aromatic heterocycles. The highest BCUT2D eigenvalue weighted by molar-refractivity contribution is 5.76. The first-order chi connectivity index (χ1) is 12.7. The topological polar surface area (TPSA) is 42.0 Å². The van der Waals surface area contributed by atoms with Crippen LogP contribution in [0.25, 0.3) is 0 Å². The van der Waals surface area contributed by atoms with Crippen molar-refractivity contribution in [1.29, 1.82) is 0 Å². The summed E-state index contributed by atoms with van der Waals surface area (Å²) < 4.78 is 10.9. The molecule has 0 saturated carbocycles. The number of nitrogens with zero attached hydrogens (tertiary/aromatic N) is 2. The van der Waals surface area contributed by atoms with E-state index in [-0.39, 0.29) is 5.91 Å². The number of carbonyl (C=O) groups excluding carboxylic acids is 1. The lowest BCUT2D eigenvalue weighted by molar-refractivity contribution is -0.133. The molecule has 138 valence electrons. The number of hydrogen-bond acceptors (Lipinski definition) is 4.